The van der Waals surface area contributed by atoms with Crippen LogP contribution in [0.2, 0.25) is 0 Å². The third-order valence-electron chi connectivity index (χ3n) is 13.8. The molecule has 8 rings (SSSR count). The van der Waals surface area contributed by atoms with Gasteiger partial charge < -0.3 is 101 Å². The van der Waals surface area contributed by atoms with E-state index in [0.29, 0.717) is 17.1 Å². The molecule has 8 aromatic heterocycles. The summed E-state index contributed by atoms with van der Waals surface area (Å²) in [5.74, 6) is -5.64. The van der Waals surface area contributed by atoms with Crippen LogP contribution in [0.15, 0.2) is 92.2 Å². The van der Waals surface area contributed by atoms with Crippen molar-refractivity contribution in [1.29, 1.82) is 0 Å². The van der Waals surface area contributed by atoms with E-state index in [4.69, 9.17) is 11.5 Å². The molecular formula is C56H66N22O11. The van der Waals surface area contributed by atoms with Gasteiger partial charge in [-0.25, -0.2) is 9.97 Å². The number of nitrogens with one attached hydrogen (secondary N) is 10. The van der Waals surface area contributed by atoms with Crippen LogP contribution in [0.25, 0.3) is 0 Å². The standard InChI is InChI=1S/C56H66N22O11/c1-71-16-15-59-47(71)55(88)67-34-19-40(74(4)27-34)52(85)62-14-11-45(80)69-43-29-78(8)48(70-43)56(89)68-35-20-39(75(5)28-35)50(83)60-12-9-36(57)49(82)64-31-21-41(76(6)24-31)53(86)66-33-22-42(77(7)26-33)54(87)65-32-18-38(73(3)25-32)51(84)61-13-10-44(79)63-30-17-37(46(58)81)72(2)23-30/h15-29,36H,9-14,57H2,1-8H3,(H2,58,81)(H,60,83)(H,61,84)(H,62,85)(H,63,79)(H,64,82)(H,65,87)(H,66,86)(H,67,88)(H,68,89)(H,69,80)/t36-/m1/s1. The highest BCUT2D eigenvalue weighted by Gasteiger charge is 2.24. The number of carbonyl (C=O) groups is 11. The monoisotopic (exact) mass is 1220 g/mol. The van der Waals surface area contributed by atoms with E-state index in [9.17, 15) is 52.7 Å². The van der Waals surface area contributed by atoms with Crippen molar-refractivity contribution in [2.45, 2.75) is 25.3 Å². The summed E-state index contributed by atoms with van der Waals surface area (Å²) in [5, 5.41) is 26.9. The molecule has 0 saturated heterocycles. The summed E-state index contributed by atoms with van der Waals surface area (Å²) in [6, 6.07) is 7.64. The van der Waals surface area contributed by atoms with Crippen LogP contribution in [0, 0.1) is 0 Å². The Balaban J connectivity index is 0.735. The molecule has 11 amide bonds. The van der Waals surface area contributed by atoms with Crippen molar-refractivity contribution < 1.29 is 52.7 Å². The van der Waals surface area contributed by atoms with Crippen LogP contribution in [-0.2, 0) is 70.8 Å². The highest BCUT2D eigenvalue weighted by atomic mass is 16.2. The van der Waals surface area contributed by atoms with Crippen LogP contribution in [0.1, 0.15) is 103 Å². The third kappa shape index (κ3) is 15.6. The first-order valence-electron chi connectivity index (χ1n) is 27.3. The average molecular weight is 1220 g/mol. The van der Waals surface area contributed by atoms with Crippen molar-refractivity contribution in [2.24, 2.45) is 67.8 Å². The van der Waals surface area contributed by atoms with Crippen molar-refractivity contribution in [2.75, 3.05) is 56.9 Å². The van der Waals surface area contributed by atoms with E-state index < -0.39 is 71.0 Å². The van der Waals surface area contributed by atoms with Crippen LogP contribution < -0.4 is 64.6 Å². The number of anilines is 7. The number of hydrogen-bond donors (Lipinski definition) is 12. The minimum atomic E-state index is -1.08. The lowest BCUT2D eigenvalue weighted by atomic mass is 10.2. The molecule has 0 aliphatic rings. The van der Waals surface area contributed by atoms with Crippen LogP contribution in [0.4, 0.5) is 39.9 Å². The van der Waals surface area contributed by atoms with Crippen molar-refractivity contribution in [3.63, 3.8) is 0 Å². The summed E-state index contributed by atoms with van der Waals surface area (Å²) >= 11 is 0. The van der Waals surface area contributed by atoms with Gasteiger partial charge in [-0.3, -0.25) is 52.7 Å². The first-order valence-corrected chi connectivity index (χ1v) is 27.3. The maximum atomic E-state index is 13.5. The van der Waals surface area contributed by atoms with E-state index in [2.05, 4.69) is 63.1 Å². The normalized spacial score (nSPS) is 11.3. The van der Waals surface area contributed by atoms with Gasteiger partial charge >= 0.3 is 0 Å². The Labute approximate surface area is 506 Å². The maximum absolute atomic E-state index is 13.5. The molecule has 89 heavy (non-hydrogen) atoms. The summed E-state index contributed by atoms with van der Waals surface area (Å²) in [7, 11) is 12.9. The quantitative estimate of drug-likeness (QED) is 0.0378. The van der Waals surface area contributed by atoms with E-state index in [1.165, 1.54) is 112 Å². The van der Waals surface area contributed by atoms with Gasteiger partial charge in [-0.05, 0) is 42.8 Å². The van der Waals surface area contributed by atoms with Crippen LogP contribution >= 0.6 is 0 Å². The van der Waals surface area contributed by atoms with Gasteiger partial charge in [-0.15, -0.1) is 0 Å². The van der Waals surface area contributed by atoms with Gasteiger partial charge in [0.15, 0.2) is 11.6 Å². The molecule has 0 spiro atoms. The van der Waals surface area contributed by atoms with Gasteiger partial charge in [0.2, 0.25) is 23.5 Å². The Morgan fingerprint density at radius 1 is 0.404 bits per heavy atom. The van der Waals surface area contributed by atoms with Crippen molar-refractivity contribution in [3.05, 3.63) is 138 Å². The second kappa shape index (κ2) is 27.1. The maximum Gasteiger partial charge on any atom is 0.291 e. The van der Waals surface area contributed by atoms with Gasteiger partial charge in [-0.2, -0.15) is 0 Å². The molecule has 0 aliphatic carbocycles. The molecular weight excluding hydrogens is 1160 g/mol. The highest BCUT2D eigenvalue weighted by molar-refractivity contribution is 6.09. The lowest BCUT2D eigenvalue weighted by molar-refractivity contribution is -0.118. The number of hydrogen-bond acceptors (Lipinski definition) is 14. The molecule has 0 bridgehead atoms. The molecule has 8 heterocycles. The lowest BCUT2D eigenvalue weighted by Crippen LogP contribution is -2.39. The number of nitrogens with zero attached hydrogens (tertiary/aromatic N) is 10. The van der Waals surface area contributed by atoms with Gasteiger partial charge in [0.05, 0.1) is 40.2 Å². The smallest absolute Gasteiger partial charge is 0.291 e. The molecule has 0 aromatic carbocycles. The Bertz CT molecular complexity index is 4100. The molecule has 0 fully saturated rings. The van der Waals surface area contributed by atoms with Gasteiger partial charge in [0.1, 0.15) is 34.2 Å². The number of amides is 11. The van der Waals surface area contributed by atoms with Crippen molar-refractivity contribution in [1.82, 2.24) is 62.5 Å². The second-order valence-corrected chi connectivity index (χ2v) is 20.7. The minimum absolute atomic E-state index is 0.00547. The molecule has 0 saturated carbocycles. The Morgan fingerprint density at radius 2 is 0.764 bits per heavy atom. The molecule has 33 nitrogen and oxygen atoms in total. The van der Waals surface area contributed by atoms with Crippen molar-refractivity contribution >= 4 is 105 Å². The molecule has 0 radical (unpaired) electrons. The van der Waals surface area contributed by atoms with Crippen LogP contribution in [-0.4, -0.2) is 137 Å². The van der Waals surface area contributed by atoms with Crippen molar-refractivity contribution in [3.8, 4) is 0 Å². The number of aryl methyl sites for hydroxylation is 8. The van der Waals surface area contributed by atoms with E-state index in [0.717, 1.165) is 0 Å². The third-order valence-corrected chi connectivity index (χ3v) is 13.8. The second-order valence-electron chi connectivity index (χ2n) is 20.7. The minimum Gasteiger partial charge on any atom is -0.364 e. The number of aromatic nitrogens is 10. The summed E-state index contributed by atoms with van der Waals surface area (Å²) in [6.07, 6.45) is 13.6. The topological polar surface area (TPSA) is 425 Å². The van der Waals surface area contributed by atoms with Gasteiger partial charge in [0, 0.05) is 145 Å². The number of carbonyl (C=O) groups excluding carboxylic acids is 11. The summed E-state index contributed by atoms with van der Waals surface area (Å²) in [4.78, 5) is 150. The van der Waals surface area contributed by atoms with Gasteiger partial charge in [-0.1, -0.05) is 0 Å². The predicted molar refractivity (Wildman–Crippen MR) is 324 cm³/mol. The zero-order valence-electron chi connectivity index (χ0n) is 49.6. The SMILES string of the molecule is Cn1cc(NC(=O)CCNC(=O)c2cc(NC(=O)c3cc(NC(=O)c4cc(NC(=O)[C@H](N)CCNC(=O)c5cc(NC(=O)c6nc(NC(=O)CCNC(=O)c7cc(NC(=O)c8nccn8C)cn7C)cn6C)cn5C)cn4C)cn3C)cn2C)cc1C(N)=O. The fourth-order valence-corrected chi connectivity index (χ4v) is 9.24. The lowest BCUT2D eigenvalue weighted by Gasteiger charge is -2.12. The molecule has 466 valence electrons. The Hall–Kier alpha value is -11.8. The van der Waals surface area contributed by atoms with Crippen LogP contribution in [0.3, 0.4) is 0 Å². The van der Waals surface area contributed by atoms with Crippen LogP contribution in [0.5, 0.6) is 0 Å². The van der Waals surface area contributed by atoms with E-state index in [1.807, 2.05) is 0 Å². The zero-order chi connectivity index (χ0) is 64.5. The molecule has 0 aliphatic heterocycles. The first-order chi connectivity index (χ1) is 42.2. The fraction of sp³-hybridized carbons (Fsp3) is 0.268. The molecule has 14 N–H and O–H groups in total. The molecule has 1 atom stereocenters. The Kier molecular flexibility index (Phi) is 19.2. The number of imidazole rings is 2. The van der Waals surface area contributed by atoms with Gasteiger partial charge in [0.25, 0.3) is 47.3 Å². The summed E-state index contributed by atoms with van der Waals surface area (Å²) < 4.78 is 11.9. The van der Waals surface area contributed by atoms with E-state index in [-0.39, 0.29) is 108 Å². The highest BCUT2D eigenvalue weighted by Crippen LogP contribution is 2.22. The summed E-state index contributed by atoms with van der Waals surface area (Å²) in [5.41, 5.74) is 14.5. The largest absolute Gasteiger partial charge is 0.364 e. The number of nitrogens with two attached hydrogens (primary N) is 2. The Morgan fingerprint density at radius 3 is 1.18 bits per heavy atom. The first kappa shape index (κ1) is 63.3. The fourth-order valence-electron chi connectivity index (χ4n) is 9.24. The number of rotatable bonds is 25. The molecule has 0 unspecified atom stereocenters. The van der Waals surface area contributed by atoms with E-state index >= 15 is 0 Å². The predicted octanol–water partition coefficient (Wildman–Crippen LogP) is 0.896. The van der Waals surface area contributed by atoms with E-state index in [1.54, 1.807) is 73.3 Å². The molecule has 33 heteroatoms. The summed E-state index contributed by atoms with van der Waals surface area (Å²) in [6.45, 7) is -0.0518. The average Bonchev–Trinajstić information content (AvgIpc) is 2.48. The molecule has 8 aromatic rings. The number of primary amides is 1. The zero-order valence-corrected chi connectivity index (χ0v) is 49.6.